The molecular weight excluding hydrogens is 232 g/mol. The van der Waals surface area contributed by atoms with Gasteiger partial charge in [-0.15, -0.1) is 0 Å². The summed E-state index contributed by atoms with van der Waals surface area (Å²) in [6.45, 7) is 2.97. The van der Waals surface area contributed by atoms with Gasteiger partial charge >= 0.3 is 0 Å². The first-order chi connectivity index (χ1) is 8.86. The molecule has 3 rings (SSSR count). The van der Waals surface area contributed by atoms with Crippen molar-refractivity contribution in [3.05, 3.63) is 24.8 Å². The first-order valence-corrected chi connectivity index (χ1v) is 5.79. The van der Waals surface area contributed by atoms with Crippen LogP contribution < -0.4 is 10.6 Å². The van der Waals surface area contributed by atoms with Gasteiger partial charge in [0.15, 0.2) is 11.6 Å². The van der Waals surface area contributed by atoms with Gasteiger partial charge in [0.2, 0.25) is 0 Å². The van der Waals surface area contributed by atoms with Crippen molar-refractivity contribution in [3.8, 4) is 5.82 Å². The van der Waals surface area contributed by atoms with Gasteiger partial charge in [-0.25, -0.2) is 14.6 Å². The Hall–Kier alpha value is -2.15. The number of ether oxygens (including phenoxy) is 1. The second kappa shape index (κ2) is 4.61. The fraction of sp³-hybridized carbons (Fsp3) is 0.364. The highest BCUT2D eigenvalue weighted by molar-refractivity contribution is 5.70. The predicted octanol–water partition coefficient (Wildman–Crippen LogP) is 0.0811. The molecule has 1 aliphatic heterocycles. The summed E-state index contributed by atoms with van der Waals surface area (Å²) < 4.78 is 6.96. The molecule has 0 atom stereocenters. The van der Waals surface area contributed by atoms with Crippen molar-refractivity contribution in [1.82, 2.24) is 19.7 Å². The lowest BCUT2D eigenvalue weighted by Gasteiger charge is -2.28. The van der Waals surface area contributed by atoms with Gasteiger partial charge in [0.1, 0.15) is 12.0 Å². The van der Waals surface area contributed by atoms with E-state index in [1.807, 2.05) is 12.3 Å². The zero-order valence-corrected chi connectivity index (χ0v) is 9.86. The summed E-state index contributed by atoms with van der Waals surface area (Å²) in [5.41, 5.74) is 6.68. The molecule has 2 aromatic heterocycles. The molecule has 1 aliphatic rings. The van der Waals surface area contributed by atoms with Crippen molar-refractivity contribution in [3.63, 3.8) is 0 Å². The van der Waals surface area contributed by atoms with Crippen LogP contribution in [-0.4, -0.2) is 46.1 Å². The summed E-state index contributed by atoms with van der Waals surface area (Å²) >= 11 is 0. The normalized spacial score (nSPS) is 15.9. The Morgan fingerprint density at radius 1 is 1.17 bits per heavy atom. The average molecular weight is 246 g/mol. The molecule has 7 nitrogen and oxygen atoms in total. The lowest BCUT2D eigenvalue weighted by Crippen LogP contribution is -2.37. The monoisotopic (exact) mass is 246 g/mol. The minimum Gasteiger partial charge on any atom is -0.393 e. The van der Waals surface area contributed by atoms with Gasteiger partial charge < -0.3 is 15.4 Å². The quantitative estimate of drug-likeness (QED) is 0.808. The SMILES string of the molecule is Nc1c(N2CCOCC2)ncnc1-n1cccn1. The second-order valence-electron chi connectivity index (χ2n) is 3.98. The molecule has 7 heteroatoms. The van der Waals surface area contributed by atoms with Gasteiger partial charge in [-0.05, 0) is 6.07 Å². The number of hydrogen-bond donors (Lipinski definition) is 1. The molecule has 0 unspecified atom stereocenters. The summed E-state index contributed by atoms with van der Waals surface area (Å²) in [6.07, 6.45) is 5.01. The number of morpholine rings is 1. The molecule has 1 saturated heterocycles. The molecule has 3 heterocycles. The summed E-state index contributed by atoms with van der Waals surface area (Å²) in [5, 5.41) is 4.14. The van der Waals surface area contributed by atoms with Crippen LogP contribution in [0.2, 0.25) is 0 Å². The van der Waals surface area contributed by atoms with Crippen LogP contribution >= 0.6 is 0 Å². The number of anilines is 2. The fourth-order valence-electron chi connectivity index (χ4n) is 1.98. The van der Waals surface area contributed by atoms with Crippen molar-refractivity contribution >= 4 is 11.5 Å². The van der Waals surface area contributed by atoms with E-state index in [-0.39, 0.29) is 0 Å². The lowest BCUT2D eigenvalue weighted by molar-refractivity contribution is 0.122. The Bertz CT molecular complexity index is 520. The lowest BCUT2D eigenvalue weighted by atomic mass is 10.3. The number of aromatic nitrogens is 4. The highest BCUT2D eigenvalue weighted by atomic mass is 16.5. The number of nitrogens with zero attached hydrogens (tertiary/aromatic N) is 5. The molecule has 2 N–H and O–H groups in total. The molecule has 2 aromatic rings. The predicted molar refractivity (Wildman–Crippen MR) is 66.6 cm³/mol. The van der Waals surface area contributed by atoms with E-state index in [9.17, 15) is 0 Å². The number of rotatable bonds is 2. The van der Waals surface area contributed by atoms with E-state index in [0.717, 1.165) is 18.9 Å². The van der Waals surface area contributed by atoms with E-state index >= 15 is 0 Å². The van der Waals surface area contributed by atoms with Crippen LogP contribution in [0, 0.1) is 0 Å². The van der Waals surface area contributed by atoms with E-state index in [4.69, 9.17) is 10.5 Å². The van der Waals surface area contributed by atoms with E-state index in [1.165, 1.54) is 6.33 Å². The average Bonchev–Trinajstić information content (AvgIpc) is 2.94. The second-order valence-corrected chi connectivity index (χ2v) is 3.98. The topological polar surface area (TPSA) is 82.1 Å². The number of nitrogen functional groups attached to an aromatic ring is 1. The molecule has 0 spiro atoms. The van der Waals surface area contributed by atoms with Crippen LogP contribution in [0.3, 0.4) is 0 Å². The highest BCUT2D eigenvalue weighted by Gasteiger charge is 2.18. The minimum absolute atomic E-state index is 0.545. The smallest absolute Gasteiger partial charge is 0.181 e. The van der Waals surface area contributed by atoms with Crippen molar-refractivity contribution in [2.45, 2.75) is 0 Å². The Morgan fingerprint density at radius 2 is 1.94 bits per heavy atom. The third-order valence-electron chi connectivity index (χ3n) is 2.87. The van der Waals surface area contributed by atoms with E-state index in [2.05, 4.69) is 20.0 Å². The third-order valence-corrected chi connectivity index (χ3v) is 2.87. The summed E-state index contributed by atoms with van der Waals surface area (Å²) in [7, 11) is 0. The molecule has 94 valence electrons. The third kappa shape index (κ3) is 1.88. The Kier molecular flexibility index (Phi) is 2.81. The number of hydrogen-bond acceptors (Lipinski definition) is 6. The molecule has 0 aromatic carbocycles. The maximum absolute atomic E-state index is 6.14. The highest BCUT2D eigenvalue weighted by Crippen LogP contribution is 2.25. The van der Waals surface area contributed by atoms with Gasteiger partial charge in [0.25, 0.3) is 0 Å². The first kappa shape index (κ1) is 11.0. The van der Waals surface area contributed by atoms with Gasteiger partial charge in [0.05, 0.1) is 13.2 Å². The standard InChI is InChI=1S/C11H14N6O/c12-9-10(16-4-6-18-7-5-16)13-8-14-11(9)17-3-1-2-15-17/h1-3,8H,4-7,12H2. The van der Waals surface area contributed by atoms with E-state index < -0.39 is 0 Å². The van der Waals surface area contributed by atoms with Crippen LogP contribution in [0.15, 0.2) is 24.8 Å². The van der Waals surface area contributed by atoms with Crippen LogP contribution in [0.4, 0.5) is 11.5 Å². The van der Waals surface area contributed by atoms with Gasteiger partial charge in [-0.1, -0.05) is 0 Å². The Morgan fingerprint density at radius 3 is 2.67 bits per heavy atom. The molecular formula is C11H14N6O. The minimum atomic E-state index is 0.545. The Balaban J connectivity index is 1.98. The van der Waals surface area contributed by atoms with Crippen molar-refractivity contribution in [2.75, 3.05) is 36.9 Å². The van der Waals surface area contributed by atoms with Crippen LogP contribution in [0.1, 0.15) is 0 Å². The zero-order chi connectivity index (χ0) is 12.4. The summed E-state index contributed by atoms with van der Waals surface area (Å²) in [5.74, 6) is 1.36. The number of nitrogens with two attached hydrogens (primary N) is 1. The van der Waals surface area contributed by atoms with E-state index in [0.29, 0.717) is 24.7 Å². The Labute approximate surface area is 104 Å². The molecule has 0 bridgehead atoms. The van der Waals surface area contributed by atoms with Crippen molar-refractivity contribution < 1.29 is 4.74 Å². The molecule has 0 saturated carbocycles. The zero-order valence-electron chi connectivity index (χ0n) is 9.86. The van der Waals surface area contributed by atoms with Crippen LogP contribution in [0.5, 0.6) is 0 Å². The van der Waals surface area contributed by atoms with Gasteiger partial charge in [0, 0.05) is 25.5 Å². The van der Waals surface area contributed by atoms with Gasteiger partial charge in [-0.3, -0.25) is 0 Å². The van der Waals surface area contributed by atoms with Gasteiger partial charge in [-0.2, -0.15) is 5.10 Å². The molecule has 0 radical (unpaired) electrons. The summed E-state index contributed by atoms with van der Waals surface area (Å²) in [6, 6.07) is 1.83. The van der Waals surface area contributed by atoms with Crippen molar-refractivity contribution in [1.29, 1.82) is 0 Å². The first-order valence-electron chi connectivity index (χ1n) is 5.79. The van der Waals surface area contributed by atoms with Crippen molar-refractivity contribution in [2.24, 2.45) is 0 Å². The van der Waals surface area contributed by atoms with E-state index in [1.54, 1.807) is 10.9 Å². The fourth-order valence-corrected chi connectivity index (χ4v) is 1.98. The van der Waals surface area contributed by atoms with Crippen LogP contribution in [-0.2, 0) is 4.74 Å². The van der Waals surface area contributed by atoms with Crippen LogP contribution in [0.25, 0.3) is 5.82 Å². The maximum Gasteiger partial charge on any atom is 0.181 e. The molecule has 0 amide bonds. The maximum atomic E-state index is 6.14. The summed E-state index contributed by atoms with van der Waals surface area (Å²) in [4.78, 5) is 10.6. The largest absolute Gasteiger partial charge is 0.393 e. The molecule has 0 aliphatic carbocycles. The molecule has 1 fully saturated rings. The molecule has 18 heavy (non-hydrogen) atoms.